The van der Waals surface area contributed by atoms with E-state index in [9.17, 15) is 9.90 Å². The van der Waals surface area contributed by atoms with E-state index in [2.05, 4.69) is 9.88 Å². The molecule has 1 saturated carbocycles. The monoisotopic (exact) mass is 384 g/mol. The predicted molar refractivity (Wildman–Crippen MR) is 108 cm³/mol. The van der Waals surface area contributed by atoms with Crippen molar-refractivity contribution in [2.24, 2.45) is 5.92 Å². The molecule has 1 N–H and O–H groups in total. The molecule has 4 nitrogen and oxygen atoms in total. The number of amides is 1. The summed E-state index contributed by atoms with van der Waals surface area (Å²) in [5.74, 6) is 0.310. The molecule has 2 aromatic rings. The van der Waals surface area contributed by atoms with Crippen molar-refractivity contribution in [1.82, 2.24) is 9.88 Å². The van der Waals surface area contributed by atoms with Crippen molar-refractivity contribution < 1.29 is 9.90 Å². The third-order valence-corrected chi connectivity index (χ3v) is 7.46. The van der Waals surface area contributed by atoms with Crippen LogP contribution in [0.15, 0.2) is 30.3 Å². The van der Waals surface area contributed by atoms with Gasteiger partial charge in [-0.05, 0) is 38.7 Å². The van der Waals surface area contributed by atoms with E-state index in [1.165, 1.54) is 0 Å². The van der Waals surface area contributed by atoms with E-state index < -0.39 is 5.60 Å². The van der Waals surface area contributed by atoms with Gasteiger partial charge in [0.05, 0.1) is 22.7 Å². The minimum Gasteiger partial charge on any atom is -0.385 e. The number of nitrogens with zero attached hydrogens (tertiary/aromatic N) is 2. The molecule has 2 heterocycles. The van der Waals surface area contributed by atoms with E-state index in [-0.39, 0.29) is 17.9 Å². The minimum atomic E-state index is -0.819. The Hall–Kier alpha value is -1.72. The van der Waals surface area contributed by atoms with Crippen LogP contribution in [0.3, 0.4) is 0 Å². The first-order valence-corrected chi connectivity index (χ1v) is 10.8. The highest BCUT2D eigenvalue weighted by atomic mass is 32.1. The fraction of sp³-hybridized carbons (Fsp3) is 0.545. The van der Waals surface area contributed by atoms with E-state index in [0.29, 0.717) is 19.4 Å². The maximum absolute atomic E-state index is 13.2. The van der Waals surface area contributed by atoms with Crippen molar-refractivity contribution in [3.63, 3.8) is 0 Å². The second-order valence-electron chi connectivity index (χ2n) is 8.00. The Morgan fingerprint density at radius 2 is 2.00 bits per heavy atom. The highest BCUT2D eigenvalue weighted by molar-refractivity contribution is 7.11. The van der Waals surface area contributed by atoms with Gasteiger partial charge in [0.25, 0.3) is 0 Å². The van der Waals surface area contributed by atoms with Crippen molar-refractivity contribution in [1.29, 1.82) is 0 Å². The summed E-state index contributed by atoms with van der Waals surface area (Å²) in [5, 5.41) is 12.6. The molecule has 27 heavy (non-hydrogen) atoms. The van der Waals surface area contributed by atoms with Crippen LogP contribution in [-0.2, 0) is 16.8 Å². The van der Waals surface area contributed by atoms with Gasteiger partial charge in [0.1, 0.15) is 0 Å². The van der Waals surface area contributed by atoms with Crippen molar-refractivity contribution in [2.45, 2.75) is 64.0 Å². The average molecular weight is 385 g/mol. The maximum atomic E-state index is 13.2. The van der Waals surface area contributed by atoms with Gasteiger partial charge in [0, 0.05) is 23.4 Å². The molecule has 2 aliphatic rings. The quantitative estimate of drug-likeness (QED) is 0.871. The molecule has 0 radical (unpaired) electrons. The van der Waals surface area contributed by atoms with Gasteiger partial charge in [-0.2, -0.15) is 0 Å². The molecule has 4 rings (SSSR count). The molecule has 0 bridgehead atoms. The zero-order valence-corrected chi connectivity index (χ0v) is 17.0. The molecule has 0 spiro atoms. The second kappa shape index (κ2) is 7.36. The number of aliphatic hydroxyl groups is 1. The summed E-state index contributed by atoms with van der Waals surface area (Å²) in [7, 11) is 0. The summed E-state index contributed by atoms with van der Waals surface area (Å²) in [6, 6.07) is 10.2. The Bertz CT molecular complexity index is 819. The van der Waals surface area contributed by atoms with Crippen LogP contribution in [0.4, 0.5) is 0 Å². The number of aromatic nitrogens is 1. The minimum absolute atomic E-state index is 0.121. The smallest absolute Gasteiger partial charge is 0.228 e. The molecule has 5 heteroatoms. The molecule has 3 unspecified atom stereocenters. The van der Waals surface area contributed by atoms with Crippen LogP contribution in [0.1, 0.15) is 53.2 Å². The van der Waals surface area contributed by atoms with Gasteiger partial charge in [-0.25, -0.2) is 4.98 Å². The van der Waals surface area contributed by atoms with Crippen LogP contribution in [0.2, 0.25) is 0 Å². The van der Waals surface area contributed by atoms with Crippen molar-refractivity contribution >= 4 is 17.2 Å². The number of carbonyl (C=O) groups excluding carboxylic acids is 1. The van der Waals surface area contributed by atoms with Gasteiger partial charge >= 0.3 is 0 Å². The molecule has 144 valence electrons. The van der Waals surface area contributed by atoms with Crippen LogP contribution in [0.25, 0.3) is 0 Å². The summed E-state index contributed by atoms with van der Waals surface area (Å²) >= 11 is 1.62. The van der Waals surface area contributed by atoms with Crippen LogP contribution in [0, 0.1) is 19.8 Å². The molecule has 1 aromatic carbocycles. The fourth-order valence-electron chi connectivity index (χ4n) is 5.05. The van der Waals surface area contributed by atoms with Gasteiger partial charge in [-0.1, -0.05) is 43.2 Å². The molecular formula is C22H28N2O2S. The lowest BCUT2D eigenvalue weighted by Crippen LogP contribution is -2.59. The number of rotatable bonds is 3. The molecule has 2 fully saturated rings. The standard InChI is InChI=1S/C22H28N2O2S/c1-15-20(27-16(2)23-15)14-21(25)24-13-12-22(26,17-8-4-3-5-9-17)18-10-6-7-11-19(18)24/h3-5,8-9,18-19,26H,6-7,10-14H2,1-2H3. The summed E-state index contributed by atoms with van der Waals surface area (Å²) in [4.78, 5) is 20.8. The van der Waals surface area contributed by atoms with Crippen LogP contribution in [0.5, 0.6) is 0 Å². The third-order valence-electron chi connectivity index (χ3n) is 6.38. The lowest BCUT2D eigenvalue weighted by molar-refractivity contribution is -0.154. The SMILES string of the molecule is Cc1nc(C)c(CC(=O)N2CCC(O)(c3ccccc3)C3CCCCC32)s1. The fourth-order valence-corrected chi connectivity index (χ4v) is 5.98. The summed E-state index contributed by atoms with van der Waals surface area (Å²) in [6.07, 6.45) is 5.29. The third kappa shape index (κ3) is 3.43. The predicted octanol–water partition coefficient (Wildman–Crippen LogP) is 3.98. The van der Waals surface area contributed by atoms with Gasteiger partial charge < -0.3 is 10.0 Å². The summed E-state index contributed by atoms with van der Waals surface area (Å²) in [5.41, 5.74) is 1.16. The largest absolute Gasteiger partial charge is 0.385 e. The van der Waals surface area contributed by atoms with Gasteiger partial charge in [0.15, 0.2) is 0 Å². The summed E-state index contributed by atoms with van der Waals surface area (Å²) in [6.45, 7) is 4.60. The first-order valence-electron chi connectivity index (χ1n) is 9.99. The van der Waals surface area contributed by atoms with E-state index in [4.69, 9.17) is 0 Å². The Morgan fingerprint density at radius 1 is 1.26 bits per heavy atom. The van der Waals surface area contributed by atoms with Gasteiger partial charge in [-0.15, -0.1) is 11.3 Å². The van der Waals surface area contributed by atoms with E-state index in [1.807, 2.05) is 44.2 Å². The highest BCUT2D eigenvalue weighted by Crippen LogP contribution is 2.47. The zero-order valence-electron chi connectivity index (χ0n) is 16.1. The van der Waals surface area contributed by atoms with Crippen molar-refractivity contribution in [2.75, 3.05) is 6.54 Å². The number of likely N-dealkylation sites (tertiary alicyclic amines) is 1. The number of benzene rings is 1. The average Bonchev–Trinajstić information content (AvgIpc) is 2.99. The van der Waals surface area contributed by atoms with Gasteiger partial charge in [0.2, 0.25) is 5.91 Å². The lowest BCUT2D eigenvalue weighted by Gasteiger charge is -2.52. The molecule has 1 amide bonds. The second-order valence-corrected chi connectivity index (χ2v) is 9.29. The number of carbonyl (C=O) groups is 1. The first kappa shape index (κ1) is 18.6. The Labute approximate surface area is 165 Å². The van der Waals surface area contributed by atoms with Crippen LogP contribution >= 0.6 is 11.3 Å². The van der Waals surface area contributed by atoms with Gasteiger partial charge in [-0.3, -0.25) is 4.79 Å². The molecule has 1 aliphatic heterocycles. The van der Waals surface area contributed by atoms with E-state index in [1.54, 1.807) is 11.3 Å². The zero-order chi connectivity index (χ0) is 19.0. The van der Waals surface area contributed by atoms with Crippen molar-refractivity contribution in [3.05, 3.63) is 51.5 Å². The molecule has 1 saturated heterocycles. The highest BCUT2D eigenvalue weighted by Gasteiger charge is 2.50. The number of fused-ring (bicyclic) bond motifs is 1. The summed E-state index contributed by atoms with van der Waals surface area (Å²) < 4.78 is 0. The lowest BCUT2D eigenvalue weighted by atomic mass is 9.66. The number of piperidine rings is 1. The molecule has 1 aliphatic carbocycles. The molecule has 3 atom stereocenters. The molecule has 1 aromatic heterocycles. The normalized spacial score (nSPS) is 28.0. The number of aryl methyl sites for hydroxylation is 2. The topological polar surface area (TPSA) is 53.4 Å². The number of hydrogen-bond donors (Lipinski definition) is 1. The number of hydrogen-bond acceptors (Lipinski definition) is 4. The Kier molecular flexibility index (Phi) is 5.08. The van der Waals surface area contributed by atoms with Crippen LogP contribution < -0.4 is 0 Å². The van der Waals surface area contributed by atoms with E-state index in [0.717, 1.165) is 46.8 Å². The molecular weight excluding hydrogens is 356 g/mol. The Balaban J connectivity index is 1.58. The first-order chi connectivity index (χ1) is 13.0. The van der Waals surface area contributed by atoms with Crippen LogP contribution in [-0.4, -0.2) is 33.5 Å². The van der Waals surface area contributed by atoms with E-state index >= 15 is 0 Å². The Morgan fingerprint density at radius 3 is 2.70 bits per heavy atom. The van der Waals surface area contributed by atoms with Crippen molar-refractivity contribution in [3.8, 4) is 0 Å². The number of thiazole rings is 1. The maximum Gasteiger partial charge on any atom is 0.228 e.